The number of rotatable bonds is 3. The van der Waals surface area contributed by atoms with Gasteiger partial charge in [0.05, 0.1) is 0 Å². The lowest BCUT2D eigenvalue weighted by molar-refractivity contribution is -0.138. The van der Waals surface area contributed by atoms with Crippen molar-refractivity contribution in [3.05, 3.63) is 29.8 Å². The number of hydrogen-bond donors (Lipinski definition) is 2. The van der Waals surface area contributed by atoms with E-state index in [4.69, 9.17) is 0 Å². The van der Waals surface area contributed by atoms with Gasteiger partial charge in [-0.05, 0) is 30.4 Å². The van der Waals surface area contributed by atoms with Crippen molar-refractivity contribution in [2.75, 3.05) is 18.0 Å². The second kappa shape index (κ2) is 5.76. The van der Waals surface area contributed by atoms with Gasteiger partial charge in [0.15, 0.2) is 0 Å². The van der Waals surface area contributed by atoms with Crippen LogP contribution in [0.3, 0.4) is 0 Å². The van der Waals surface area contributed by atoms with E-state index in [0.29, 0.717) is 18.2 Å². The zero-order chi connectivity index (χ0) is 14.8. The summed E-state index contributed by atoms with van der Waals surface area (Å²) in [4.78, 5) is 25.3. The molecular weight excluding hydrogens is 268 g/mol. The summed E-state index contributed by atoms with van der Waals surface area (Å²) in [5.74, 6) is -0.936. The first-order chi connectivity index (χ1) is 10.2. The number of nitrogens with one attached hydrogen (secondary N) is 1. The second-order valence-corrected chi connectivity index (χ2v) is 5.90. The van der Waals surface area contributed by atoms with Gasteiger partial charge in [-0.1, -0.05) is 31.0 Å². The van der Waals surface area contributed by atoms with Crippen LogP contribution in [0.5, 0.6) is 0 Å². The summed E-state index contributed by atoms with van der Waals surface area (Å²) in [6.45, 7) is 0.903. The van der Waals surface area contributed by atoms with Crippen molar-refractivity contribution >= 4 is 17.7 Å². The molecule has 0 saturated heterocycles. The molecule has 1 aromatic carbocycles. The highest BCUT2D eigenvalue weighted by atomic mass is 16.4. The fourth-order valence-corrected chi connectivity index (χ4v) is 3.35. The molecule has 1 aliphatic heterocycles. The topological polar surface area (TPSA) is 69.6 Å². The number of aliphatic carboxylic acids is 1. The summed E-state index contributed by atoms with van der Waals surface area (Å²) in [7, 11) is 0. The Balaban J connectivity index is 1.70. The first-order valence-electron chi connectivity index (χ1n) is 7.54. The SMILES string of the molecule is O=C(O)C1CN(C(=O)NCC2CCCC2)c2ccccc21. The van der Waals surface area contributed by atoms with E-state index >= 15 is 0 Å². The summed E-state index contributed by atoms with van der Waals surface area (Å²) in [6.07, 6.45) is 4.84. The number of urea groups is 1. The van der Waals surface area contributed by atoms with E-state index in [2.05, 4.69) is 5.32 Å². The number of benzene rings is 1. The molecule has 1 unspecified atom stereocenters. The summed E-state index contributed by atoms with van der Waals surface area (Å²) in [5, 5.41) is 12.3. The predicted octanol–water partition coefficient (Wildman–Crippen LogP) is 2.57. The minimum absolute atomic E-state index is 0.182. The molecule has 5 nitrogen and oxygen atoms in total. The maximum atomic E-state index is 12.4. The van der Waals surface area contributed by atoms with Crippen molar-refractivity contribution in [3.63, 3.8) is 0 Å². The molecule has 2 amide bonds. The average Bonchev–Trinajstić information content (AvgIpc) is 3.12. The molecule has 1 saturated carbocycles. The lowest BCUT2D eigenvalue weighted by Gasteiger charge is -2.19. The largest absolute Gasteiger partial charge is 0.481 e. The number of carboxylic acids is 1. The zero-order valence-electron chi connectivity index (χ0n) is 11.9. The molecule has 2 N–H and O–H groups in total. The van der Waals surface area contributed by atoms with Crippen LogP contribution in [-0.2, 0) is 4.79 Å². The van der Waals surface area contributed by atoms with Gasteiger partial charge in [0.25, 0.3) is 0 Å². The van der Waals surface area contributed by atoms with E-state index in [9.17, 15) is 14.7 Å². The molecule has 3 rings (SSSR count). The van der Waals surface area contributed by atoms with Crippen LogP contribution in [0.4, 0.5) is 10.5 Å². The summed E-state index contributed by atoms with van der Waals surface area (Å²) < 4.78 is 0. The second-order valence-electron chi connectivity index (χ2n) is 5.90. The third-order valence-corrected chi connectivity index (χ3v) is 4.53. The molecule has 1 fully saturated rings. The summed E-state index contributed by atoms with van der Waals surface area (Å²) >= 11 is 0. The normalized spacial score (nSPS) is 21.3. The number of nitrogens with zero attached hydrogens (tertiary/aromatic N) is 1. The van der Waals surface area contributed by atoms with Gasteiger partial charge < -0.3 is 10.4 Å². The zero-order valence-corrected chi connectivity index (χ0v) is 11.9. The lowest BCUT2D eigenvalue weighted by atomic mass is 10.0. The number of hydrogen-bond acceptors (Lipinski definition) is 2. The standard InChI is InChI=1S/C16H20N2O3/c19-15(20)13-10-18(14-8-4-3-7-12(13)14)16(21)17-9-11-5-1-2-6-11/h3-4,7-8,11,13H,1-2,5-6,9-10H2,(H,17,21)(H,19,20). The van der Waals surface area contributed by atoms with Crippen molar-refractivity contribution in [1.29, 1.82) is 0 Å². The number of para-hydroxylation sites is 1. The third kappa shape index (κ3) is 2.73. The molecule has 0 bridgehead atoms. The Morgan fingerprint density at radius 1 is 1.24 bits per heavy atom. The Hall–Kier alpha value is -2.04. The number of carbonyl (C=O) groups is 2. The minimum Gasteiger partial charge on any atom is -0.481 e. The fourth-order valence-electron chi connectivity index (χ4n) is 3.35. The van der Waals surface area contributed by atoms with Crippen LogP contribution in [0.15, 0.2) is 24.3 Å². The molecule has 1 heterocycles. The Morgan fingerprint density at radius 3 is 2.67 bits per heavy atom. The van der Waals surface area contributed by atoms with Crippen LogP contribution in [0.25, 0.3) is 0 Å². The molecule has 0 aromatic heterocycles. The Kier molecular flexibility index (Phi) is 3.82. The molecule has 5 heteroatoms. The van der Waals surface area contributed by atoms with Crippen molar-refractivity contribution in [2.45, 2.75) is 31.6 Å². The van der Waals surface area contributed by atoms with Gasteiger partial charge in [-0.15, -0.1) is 0 Å². The summed E-state index contributed by atoms with van der Waals surface area (Å²) in [6, 6.07) is 7.07. The lowest BCUT2D eigenvalue weighted by Crippen LogP contribution is -2.41. The molecule has 0 radical (unpaired) electrons. The van der Waals surface area contributed by atoms with E-state index in [0.717, 1.165) is 5.56 Å². The molecule has 1 atom stereocenters. The molecule has 21 heavy (non-hydrogen) atoms. The average molecular weight is 288 g/mol. The van der Waals surface area contributed by atoms with Crippen LogP contribution in [0.2, 0.25) is 0 Å². The van der Waals surface area contributed by atoms with Gasteiger partial charge in [-0.3, -0.25) is 9.69 Å². The first-order valence-corrected chi connectivity index (χ1v) is 7.54. The fraction of sp³-hybridized carbons (Fsp3) is 0.500. The molecule has 2 aliphatic rings. The van der Waals surface area contributed by atoms with E-state index < -0.39 is 11.9 Å². The highest BCUT2D eigenvalue weighted by molar-refractivity contribution is 5.98. The van der Waals surface area contributed by atoms with E-state index in [-0.39, 0.29) is 12.6 Å². The maximum Gasteiger partial charge on any atom is 0.321 e. The van der Waals surface area contributed by atoms with Gasteiger partial charge >= 0.3 is 12.0 Å². The number of carbonyl (C=O) groups excluding carboxylic acids is 1. The molecule has 0 spiro atoms. The Labute approximate surface area is 123 Å². The highest BCUT2D eigenvalue weighted by Crippen LogP contribution is 2.36. The van der Waals surface area contributed by atoms with Gasteiger partial charge in [-0.2, -0.15) is 0 Å². The van der Waals surface area contributed by atoms with Crippen LogP contribution in [0.1, 0.15) is 37.2 Å². The molecule has 1 aliphatic carbocycles. The molecule has 1 aromatic rings. The van der Waals surface area contributed by atoms with E-state index in [1.54, 1.807) is 11.0 Å². The first kappa shape index (κ1) is 13.9. The Morgan fingerprint density at radius 2 is 1.95 bits per heavy atom. The smallest absolute Gasteiger partial charge is 0.321 e. The third-order valence-electron chi connectivity index (χ3n) is 4.53. The van der Waals surface area contributed by atoms with Crippen LogP contribution >= 0.6 is 0 Å². The van der Waals surface area contributed by atoms with Crippen molar-refractivity contribution in [3.8, 4) is 0 Å². The van der Waals surface area contributed by atoms with Crippen molar-refractivity contribution in [1.82, 2.24) is 5.32 Å². The van der Waals surface area contributed by atoms with Crippen molar-refractivity contribution in [2.24, 2.45) is 5.92 Å². The van der Waals surface area contributed by atoms with E-state index in [1.165, 1.54) is 25.7 Å². The minimum atomic E-state index is -0.881. The number of anilines is 1. The van der Waals surface area contributed by atoms with E-state index in [1.807, 2.05) is 18.2 Å². The van der Waals surface area contributed by atoms with Crippen LogP contribution < -0.4 is 10.2 Å². The Bertz CT molecular complexity index is 552. The number of carboxylic acid groups (broad SMARTS) is 1. The molecule has 112 valence electrons. The van der Waals surface area contributed by atoms with Crippen LogP contribution in [0, 0.1) is 5.92 Å². The monoisotopic (exact) mass is 288 g/mol. The molecular formula is C16H20N2O3. The number of amides is 2. The van der Waals surface area contributed by atoms with Gasteiger partial charge in [0, 0.05) is 18.8 Å². The van der Waals surface area contributed by atoms with Crippen molar-refractivity contribution < 1.29 is 14.7 Å². The number of fused-ring (bicyclic) bond motifs is 1. The quantitative estimate of drug-likeness (QED) is 0.898. The maximum absolute atomic E-state index is 12.4. The summed E-state index contributed by atoms with van der Waals surface area (Å²) in [5.41, 5.74) is 1.44. The predicted molar refractivity (Wildman–Crippen MR) is 79.5 cm³/mol. The van der Waals surface area contributed by atoms with Gasteiger partial charge in [0.1, 0.15) is 5.92 Å². The van der Waals surface area contributed by atoms with Crippen LogP contribution in [-0.4, -0.2) is 30.2 Å². The van der Waals surface area contributed by atoms with Gasteiger partial charge in [-0.25, -0.2) is 4.79 Å². The highest BCUT2D eigenvalue weighted by Gasteiger charge is 2.36. The van der Waals surface area contributed by atoms with Gasteiger partial charge in [0.2, 0.25) is 0 Å².